The molecular weight excluding hydrogens is 204 g/mol. The van der Waals surface area contributed by atoms with Crippen LogP contribution < -0.4 is 0 Å². The van der Waals surface area contributed by atoms with E-state index in [4.69, 9.17) is 5.26 Å². The summed E-state index contributed by atoms with van der Waals surface area (Å²) < 4.78 is 4.58. The summed E-state index contributed by atoms with van der Waals surface area (Å²) in [4.78, 5) is 15.2. The van der Waals surface area contributed by atoms with Crippen LogP contribution in [0, 0.1) is 25.2 Å². The second-order valence-corrected chi connectivity index (χ2v) is 3.55. The van der Waals surface area contributed by atoms with Gasteiger partial charge >= 0.3 is 5.97 Å². The number of nitrogens with zero attached hydrogens (tertiary/aromatic N) is 2. The monoisotopic (exact) mass is 218 g/mol. The molecule has 1 rings (SSSR count). The Kier molecular flexibility index (Phi) is 4.01. The number of aromatic nitrogens is 1. The summed E-state index contributed by atoms with van der Waals surface area (Å²) >= 11 is 0. The number of pyridine rings is 1. The molecule has 0 radical (unpaired) electrons. The van der Waals surface area contributed by atoms with E-state index in [0.717, 1.165) is 16.8 Å². The van der Waals surface area contributed by atoms with Crippen LogP contribution in [0.1, 0.15) is 28.8 Å². The molecule has 0 aliphatic heterocycles. The normalized spacial score (nSPS) is 9.62. The molecule has 0 bridgehead atoms. The molecule has 16 heavy (non-hydrogen) atoms. The van der Waals surface area contributed by atoms with Crippen molar-refractivity contribution in [2.75, 3.05) is 7.11 Å². The number of hydrogen-bond donors (Lipinski definition) is 0. The first kappa shape index (κ1) is 12.2. The summed E-state index contributed by atoms with van der Waals surface area (Å²) in [5, 5.41) is 8.88. The standard InChI is InChI=1S/C12H14N2O2/c1-8-10(6-13)7-14-9(2)11(8)4-5-12(15)16-3/h7H,4-5H2,1-3H3. The van der Waals surface area contributed by atoms with Gasteiger partial charge in [0, 0.05) is 18.3 Å². The molecule has 0 atom stereocenters. The predicted octanol–water partition coefficient (Wildman–Crippen LogP) is 1.68. The molecule has 0 spiro atoms. The van der Waals surface area contributed by atoms with Crippen LogP contribution in [0.5, 0.6) is 0 Å². The average molecular weight is 218 g/mol. The quantitative estimate of drug-likeness (QED) is 0.724. The lowest BCUT2D eigenvalue weighted by molar-refractivity contribution is -0.140. The minimum absolute atomic E-state index is 0.249. The van der Waals surface area contributed by atoms with E-state index in [1.54, 1.807) is 6.20 Å². The van der Waals surface area contributed by atoms with Gasteiger partial charge in [-0.15, -0.1) is 0 Å². The molecule has 1 heterocycles. The van der Waals surface area contributed by atoms with Crippen LogP contribution in [-0.4, -0.2) is 18.1 Å². The zero-order valence-electron chi connectivity index (χ0n) is 9.70. The van der Waals surface area contributed by atoms with E-state index >= 15 is 0 Å². The number of rotatable bonds is 3. The molecule has 4 heteroatoms. The van der Waals surface area contributed by atoms with E-state index in [-0.39, 0.29) is 5.97 Å². The van der Waals surface area contributed by atoms with Gasteiger partial charge in [-0.05, 0) is 31.4 Å². The number of ether oxygens (including phenoxy) is 1. The van der Waals surface area contributed by atoms with Gasteiger partial charge in [-0.3, -0.25) is 9.78 Å². The first-order valence-electron chi connectivity index (χ1n) is 5.02. The predicted molar refractivity (Wildman–Crippen MR) is 58.8 cm³/mol. The Morgan fingerprint density at radius 1 is 1.56 bits per heavy atom. The second-order valence-electron chi connectivity index (χ2n) is 3.55. The molecule has 4 nitrogen and oxygen atoms in total. The van der Waals surface area contributed by atoms with Gasteiger partial charge < -0.3 is 4.74 Å². The Morgan fingerprint density at radius 2 is 2.25 bits per heavy atom. The summed E-state index contributed by atoms with van der Waals surface area (Å²) in [6.07, 6.45) is 2.44. The molecule has 0 amide bonds. The summed E-state index contributed by atoms with van der Waals surface area (Å²) in [6.45, 7) is 3.75. The fraction of sp³-hybridized carbons (Fsp3) is 0.417. The molecule has 0 unspecified atom stereocenters. The fourth-order valence-corrected chi connectivity index (χ4v) is 1.58. The topological polar surface area (TPSA) is 63.0 Å². The van der Waals surface area contributed by atoms with Gasteiger partial charge in [-0.2, -0.15) is 5.26 Å². The van der Waals surface area contributed by atoms with Crippen LogP contribution in [0.3, 0.4) is 0 Å². The minimum atomic E-state index is -0.249. The smallest absolute Gasteiger partial charge is 0.305 e. The largest absolute Gasteiger partial charge is 0.469 e. The Balaban J connectivity index is 2.95. The van der Waals surface area contributed by atoms with E-state index in [2.05, 4.69) is 15.8 Å². The number of carbonyl (C=O) groups is 1. The Bertz CT molecular complexity index is 447. The van der Waals surface area contributed by atoms with Crippen molar-refractivity contribution in [1.29, 1.82) is 5.26 Å². The third-order valence-electron chi connectivity index (χ3n) is 2.61. The van der Waals surface area contributed by atoms with Gasteiger partial charge in [0.15, 0.2) is 0 Å². The van der Waals surface area contributed by atoms with E-state index in [9.17, 15) is 4.79 Å². The Labute approximate surface area is 94.9 Å². The molecule has 84 valence electrons. The van der Waals surface area contributed by atoms with Gasteiger partial charge in [0.1, 0.15) is 6.07 Å². The van der Waals surface area contributed by atoms with Gasteiger partial charge in [0.25, 0.3) is 0 Å². The van der Waals surface area contributed by atoms with Gasteiger partial charge in [0.2, 0.25) is 0 Å². The highest BCUT2D eigenvalue weighted by atomic mass is 16.5. The van der Waals surface area contributed by atoms with Crippen molar-refractivity contribution in [1.82, 2.24) is 4.98 Å². The molecule has 0 aliphatic rings. The number of hydrogen-bond acceptors (Lipinski definition) is 4. The summed E-state index contributed by atoms with van der Waals surface area (Å²) in [7, 11) is 1.37. The molecule has 1 aromatic heterocycles. The SMILES string of the molecule is COC(=O)CCc1c(C)ncc(C#N)c1C. The number of nitriles is 1. The summed E-state index contributed by atoms with van der Waals surface area (Å²) in [5.74, 6) is -0.249. The van der Waals surface area contributed by atoms with Crippen LogP contribution in [0.15, 0.2) is 6.20 Å². The van der Waals surface area contributed by atoms with Crippen molar-refractivity contribution < 1.29 is 9.53 Å². The van der Waals surface area contributed by atoms with E-state index in [1.165, 1.54) is 7.11 Å². The zero-order chi connectivity index (χ0) is 12.1. The summed E-state index contributed by atoms with van der Waals surface area (Å²) in [5.41, 5.74) is 3.29. The van der Waals surface area contributed by atoms with E-state index < -0.39 is 0 Å². The van der Waals surface area contributed by atoms with Gasteiger partial charge in [-0.1, -0.05) is 0 Å². The lowest BCUT2D eigenvalue weighted by atomic mass is 9.99. The molecule has 0 aliphatic carbocycles. The van der Waals surface area contributed by atoms with Crippen LogP contribution in [0.2, 0.25) is 0 Å². The second kappa shape index (κ2) is 5.26. The maximum absolute atomic E-state index is 11.1. The van der Waals surface area contributed by atoms with Crippen molar-refractivity contribution >= 4 is 5.97 Å². The lowest BCUT2D eigenvalue weighted by Gasteiger charge is -2.09. The number of aryl methyl sites for hydroxylation is 1. The third kappa shape index (κ3) is 2.57. The van der Waals surface area contributed by atoms with Crippen molar-refractivity contribution in [3.63, 3.8) is 0 Å². The van der Waals surface area contributed by atoms with Crippen molar-refractivity contribution in [3.8, 4) is 6.07 Å². The van der Waals surface area contributed by atoms with Gasteiger partial charge in [-0.25, -0.2) is 0 Å². The minimum Gasteiger partial charge on any atom is -0.469 e. The Hall–Kier alpha value is -1.89. The van der Waals surface area contributed by atoms with E-state index in [0.29, 0.717) is 18.4 Å². The number of carbonyl (C=O) groups excluding carboxylic acids is 1. The van der Waals surface area contributed by atoms with Crippen LogP contribution in [-0.2, 0) is 16.0 Å². The molecular formula is C12H14N2O2. The highest BCUT2D eigenvalue weighted by molar-refractivity contribution is 5.69. The molecule has 1 aromatic rings. The van der Waals surface area contributed by atoms with E-state index in [1.807, 2.05) is 13.8 Å². The van der Waals surface area contributed by atoms with Gasteiger partial charge in [0.05, 0.1) is 12.7 Å². The molecule has 0 saturated carbocycles. The molecule has 0 saturated heterocycles. The molecule has 0 fully saturated rings. The molecule has 0 aromatic carbocycles. The third-order valence-corrected chi connectivity index (χ3v) is 2.61. The molecule has 0 N–H and O–H groups in total. The average Bonchev–Trinajstić information content (AvgIpc) is 2.28. The summed E-state index contributed by atoms with van der Waals surface area (Å²) in [6, 6.07) is 2.09. The maximum Gasteiger partial charge on any atom is 0.305 e. The maximum atomic E-state index is 11.1. The highest BCUT2D eigenvalue weighted by Crippen LogP contribution is 2.17. The lowest BCUT2D eigenvalue weighted by Crippen LogP contribution is -2.06. The van der Waals surface area contributed by atoms with Crippen LogP contribution in [0.25, 0.3) is 0 Å². The van der Waals surface area contributed by atoms with Crippen LogP contribution >= 0.6 is 0 Å². The first-order valence-corrected chi connectivity index (χ1v) is 5.02. The van der Waals surface area contributed by atoms with Crippen molar-refractivity contribution in [2.24, 2.45) is 0 Å². The van der Waals surface area contributed by atoms with Crippen molar-refractivity contribution in [2.45, 2.75) is 26.7 Å². The number of esters is 1. The van der Waals surface area contributed by atoms with Crippen LogP contribution in [0.4, 0.5) is 0 Å². The fourth-order valence-electron chi connectivity index (χ4n) is 1.58. The zero-order valence-corrected chi connectivity index (χ0v) is 9.70. The highest BCUT2D eigenvalue weighted by Gasteiger charge is 2.10. The Morgan fingerprint density at radius 3 is 2.81 bits per heavy atom. The number of methoxy groups -OCH3 is 1. The first-order chi connectivity index (χ1) is 7.60. The van der Waals surface area contributed by atoms with Crippen molar-refractivity contribution in [3.05, 3.63) is 28.6 Å².